The average Bonchev–Trinajstić information content (AvgIpc) is 2.30. The van der Waals surface area contributed by atoms with Crippen LogP contribution in [0, 0.1) is 6.92 Å². The Hall–Kier alpha value is 0.383. The molecule has 1 aromatic rings. The fraction of sp³-hybridized carbons (Fsp3) is 0.462. The predicted molar refractivity (Wildman–Crippen MR) is 77.3 cm³/mol. The molecule has 18 heavy (non-hydrogen) atoms. The molecular formula is C13H18Cl3ORu. The molecule has 0 bridgehead atoms. The van der Waals surface area contributed by atoms with Crippen LogP contribution in [0.25, 0.3) is 0 Å². The third-order valence-electron chi connectivity index (χ3n) is 2.63. The maximum atomic E-state index is 10.6. The molecule has 0 aromatic heterocycles. The van der Waals surface area contributed by atoms with Crippen LogP contribution >= 0.6 is 29.1 Å². The number of hydrogen-bond donors (Lipinski definition) is 0. The Morgan fingerprint density at radius 1 is 1.11 bits per heavy atom. The van der Waals surface area contributed by atoms with Crippen LogP contribution in [0.3, 0.4) is 0 Å². The SMILES string of the molecule is CCc1cc(C)cc(CC)c1CC=O.[Cl][Ru]([Cl])[Cl]. The quantitative estimate of drug-likeness (QED) is 0.520. The fourth-order valence-corrected chi connectivity index (χ4v) is 1.95. The molecule has 1 aromatic carbocycles. The molecule has 0 unspecified atom stereocenters. The average molecular weight is 398 g/mol. The van der Waals surface area contributed by atoms with Gasteiger partial charge in [-0.3, -0.25) is 0 Å². The van der Waals surface area contributed by atoms with Gasteiger partial charge in [0.05, 0.1) is 0 Å². The summed E-state index contributed by atoms with van der Waals surface area (Å²) in [4.78, 5) is 10.6. The second-order valence-corrected chi connectivity index (χ2v) is 11.7. The van der Waals surface area contributed by atoms with Crippen molar-refractivity contribution in [2.24, 2.45) is 0 Å². The van der Waals surface area contributed by atoms with Crippen LogP contribution in [0.5, 0.6) is 0 Å². The van der Waals surface area contributed by atoms with Crippen LogP contribution < -0.4 is 0 Å². The number of hydrogen-bond acceptors (Lipinski definition) is 1. The Balaban J connectivity index is 0.000000631. The second-order valence-electron chi connectivity index (χ2n) is 3.79. The van der Waals surface area contributed by atoms with E-state index in [4.69, 9.17) is 29.1 Å². The third kappa shape index (κ3) is 7.09. The first kappa shape index (κ1) is 18.4. The summed E-state index contributed by atoms with van der Waals surface area (Å²) in [7, 11) is 14.8. The molecule has 0 radical (unpaired) electrons. The Kier molecular flexibility index (Phi) is 10.4. The van der Waals surface area contributed by atoms with Crippen molar-refractivity contribution >= 4 is 35.4 Å². The first-order chi connectivity index (χ1) is 8.46. The van der Waals surface area contributed by atoms with Crippen LogP contribution in [-0.2, 0) is 37.0 Å². The molecule has 1 nitrogen and oxygen atoms in total. The van der Waals surface area contributed by atoms with Gasteiger partial charge in [0.15, 0.2) is 0 Å². The summed E-state index contributed by atoms with van der Waals surface area (Å²) in [6.45, 7) is 6.40. The molecule has 0 aliphatic rings. The van der Waals surface area contributed by atoms with Gasteiger partial charge in [0, 0.05) is 6.42 Å². The van der Waals surface area contributed by atoms with Crippen molar-refractivity contribution in [2.75, 3.05) is 0 Å². The van der Waals surface area contributed by atoms with Gasteiger partial charge in [-0.25, -0.2) is 0 Å². The van der Waals surface area contributed by atoms with Crippen molar-refractivity contribution in [2.45, 2.75) is 40.0 Å². The van der Waals surface area contributed by atoms with Gasteiger partial charge in [0.1, 0.15) is 6.29 Å². The molecule has 0 amide bonds. The van der Waals surface area contributed by atoms with Gasteiger partial charge < -0.3 is 4.79 Å². The summed E-state index contributed by atoms with van der Waals surface area (Å²) in [5.74, 6) is 0. The van der Waals surface area contributed by atoms with Gasteiger partial charge in [-0.05, 0) is 36.5 Å². The van der Waals surface area contributed by atoms with E-state index in [0.717, 1.165) is 19.1 Å². The standard InChI is InChI=1S/C13H18O.3ClH.Ru/c1-4-11-8-10(3)9-12(5-2)13(11)6-7-14;;;;/h7-9H,4-6H2,1-3H3;3*1H;/q;;;;+3/p-3. The fourth-order valence-electron chi connectivity index (χ4n) is 1.95. The topological polar surface area (TPSA) is 17.1 Å². The van der Waals surface area contributed by atoms with Gasteiger partial charge >= 0.3 is 42.1 Å². The molecule has 0 aliphatic carbocycles. The first-order valence-electron chi connectivity index (χ1n) is 5.67. The minimum absolute atomic E-state index is 0.562. The normalized spacial score (nSPS) is 10.4. The number of benzene rings is 1. The Morgan fingerprint density at radius 3 is 1.78 bits per heavy atom. The Bertz CT molecular complexity index is 353. The summed E-state index contributed by atoms with van der Waals surface area (Å²) in [6, 6.07) is 4.38. The van der Waals surface area contributed by atoms with E-state index >= 15 is 0 Å². The Morgan fingerprint density at radius 2 is 1.50 bits per heavy atom. The van der Waals surface area contributed by atoms with Crippen LogP contribution in [0.2, 0.25) is 0 Å². The molecule has 0 N–H and O–H groups in total. The molecule has 0 saturated carbocycles. The van der Waals surface area contributed by atoms with E-state index in [2.05, 4.69) is 32.9 Å². The molecule has 5 heteroatoms. The van der Waals surface area contributed by atoms with Gasteiger partial charge in [-0.1, -0.05) is 31.5 Å². The van der Waals surface area contributed by atoms with E-state index in [1.165, 1.54) is 22.3 Å². The van der Waals surface area contributed by atoms with Crippen molar-refractivity contribution in [1.29, 1.82) is 0 Å². The summed E-state index contributed by atoms with van der Waals surface area (Å²) < 4.78 is 0. The number of carbonyl (C=O) groups excluding carboxylic acids is 1. The van der Waals surface area contributed by atoms with Gasteiger partial charge in [0.25, 0.3) is 0 Å². The van der Waals surface area contributed by atoms with E-state index in [0.29, 0.717) is 6.42 Å². The molecule has 1 rings (SSSR count). The van der Waals surface area contributed by atoms with Crippen molar-refractivity contribution in [3.63, 3.8) is 0 Å². The Labute approximate surface area is 127 Å². The number of halogens is 3. The zero-order chi connectivity index (χ0) is 14.1. The second kappa shape index (κ2) is 10.2. The van der Waals surface area contributed by atoms with Crippen molar-refractivity contribution < 1.29 is 17.8 Å². The van der Waals surface area contributed by atoms with Crippen LogP contribution in [0.1, 0.15) is 36.1 Å². The van der Waals surface area contributed by atoms with E-state index in [-0.39, 0.29) is 0 Å². The van der Waals surface area contributed by atoms with E-state index in [1.807, 2.05) is 0 Å². The summed E-state index contributed by atoms with van der Waals surface area (Å²) in [5.41, 5.74) is 5.20. The molecule has 0 atom stereocenters. The third-order valence-corrected chi connectivity index (χ3v) is 2.63. The van der Waals surface area contributed by atoms with Crippen molar-refractivity contribution in [3.8, 4) is 0 Å². The van der Waals surface area contributed by atoms with Gasteiger partial charge in [0.2, 0.25) is 0 Å². The van der Waals surface area contributed by atoms with Crippen LogP contribution in [0.15, 0.2) is 12.1 Å². The molecule has 0 fully saturated rings. The molecule has 0 aliphatic heterocycles. The number of carbonyl (C=O) groups is 1. The first-order valence-corrected chi connectivity index (χ1v) is 12.4. The van der Waals surface area contributed by atoms with Gasteiger partial charge in [-0.15, -0.1) is 0 Å². The molecule has 0 heterocycles. The van der Waals surface area contributed by atoms with E-state index in [1.54, 1.807) is 0 Å². The minimum atomic E-state index is -1.75. The number of rotatable bonds is 4. The van der Waals surface area contributed by atoms with Gasteiger partial charge in [-0.2, -0.15) is 0 Å². The molecule has 0 saturated heterocycles. The molecule has 0 spiro atoms. The summed E-state index contributed by atoms with van der Waals surface area (Å²) in [5, 5.41) is 0. The maximum absolute atomic E-state index is 10.6. The van der Waals surface area contributed by atoms with Crippen LogP contribution in [0.4, 0.5) is 0 Å². The van der Waals surface area contributed by atoms with Crippen LogP contribution in [-0.4, -0.2) is 6.29 Å². The number of aryl methyl sites for hydroxylation is 3. The molecular weight excluding hydrogens is 380 g/mol. The molecule has 105 valence electrons. The zero-order valence-electron chi connectivity index (χ0n) is 10.7. The summed E-state index contributed by atoms with van der Waals surface area (Å²) in [6.07, 6.45) is 3.59. The summed E-state index contributed by atoms with van der Waals surface area (Å²) >= 11 is -1.75. The monoisotopic (exact) mass is 397 g/mol. The predicted octanol–water partition coefficient (Wildman–Crippen LogP) is 4.93. The van der Waals surface area contributed by atoms with Crippen molar-refractivity contribution in [3.05, 3.63) is 34.4 Å². The van der Waals surface area contributed by atoms with E-state index in [9.17, 15) is 4.79 Å². The number of aldehydes is 1. The zero-order valence-corrected chi connectivity index (χ0v) is 14.8. The van der Waals surface area contributed by atoms with E-state index < -0.39 is 13.0 Å². The van der Waals surface area contributed by atoms with Crippen molar-refractivity contribution in [1.82, 2.24) is 0 Å².